The van der Waals surface area contributed by atoms with Crippen molar-refractivity contribution in [3.63, 3.8) is 0 Å². The van der Waals surface area contributed by atoms with Crippen LogP contribution in [-0.2, 0) is 69.3 Å². The van der Waals surface area contributed by atoms with E-state index < -0.39 is 30.1 Å². The lowest BCUT2D eigenvalue weighted by atomic mass is 10.1. The third-order valence-electron chi connectivity index (χ3n) is 10.1. The van der Waals surface area contributed by atoms with Crippen molar-refractivity contribution in [1.29, 1.82) is 0 Å². The third-order valence-corrected chi connectivity index (χ3v) is 15.7. The standard InChI is InChI=1S/C41H61N3O9S3/c1-9-13-54(45,46)42-25-33-16-35(21-39(19-33)51-6)27-43(55(47,48)14-11-31(3)4)28-36-18-38(24-41(22-36)53-8)30-44(56(49,50)15-12-32(5)10-2)29-37-17-34(26-42)20-40(23-37)52-7/h16-24,31-32H,9-15,25-30H2,1-8H3. The molecule has 0 saturated carbocycles. The summed E-state index contributed by atoms with van der Waals surface area (Å²) in [6.45, 7) is 9.80. The lowest BCUT2D eigenvalue weighted by Gasteiger charge is -2.27. The first-order chi connectivity index (χ1) is 26.4. The van der Waals surface area contributed by atoms with Crippen LogP contribution < -0.4 is 14.2 Å². The minimum Gasteiger partial charge on any atom is -0.497 e. The number of sulfonamides is 3. The summed E-state index contributed by atoms with van der Waals surface area (Å²) in [6, 6.07) is 16.1. The molecule has 1 aliphatic heterocycles. The van der Waals surface area contributed by atoms with Crippen LogP contribution in [0.3, 0.4) is 0 Å². The molecule has 1 unspecified atom stereocenters. The van der Waals surface area contributed by atoms with Crippen LogP contribution in [0.15, 0.2) is 54.6 Å². The average Bonchev–Trinajstić information content (AvgIpc) is 3.14. The molecule has 3 aromatic carbocycles. The van der Waals surface area contributed by atoms with Crippen molar-refractivity contribution < 1.29 is 39.5 Å². The highest BCUT2D eigenvalue weighted by atomic mass is 32.2. The van der Waals surface area contributed by atoms with Crippen LogP contribution >= 0.6 is 0 Å². The van der Waals surface area contributed by atoms with Crippen molar-refractivity contribution >= 4 is 30.1 Å². The minimum absolute atomic E-state index is 0.00373. The topological polar surface area (TPSA) is 140 Å². The van der Waals surface area contributed by atoms with Gasteiger partial charge in [0.1, 0.15) is 17.2 Å². The number of benzene rings is 3. The molecule has 0 fully saturated rings. The molecule has 0 saturated heterocycles. The van der Waals surface area contributed by atoms with Gasteiger partial charge in [-0.3, -0.25) is 0 Å². The first kappa shape index (κ1) is 45.5. The third kappa shape index (κ3) is 12.9. The molecule has 1 aliphatic rings. The molecule has 6 bridgehead atoms. The molecule has 312 valence electrons. The summed E-state index contributed by atoms with van der Waals surface area (Å²) in [5.74, 6) is 1.59. The number of hydrogen-bond acceptors (Lipinski definition) is 9. The molecule has 1 heterocycles. The van der Waals surface area contributed by atoms with E-state index in [1.54, 1.807) is 36.4 Å². The molecule has 0 aliphatic carbocycles. The second-order valence-electron chi connectivity index (χ2n) is 15.3. The quantitative estimate of drug-likeness (QED) is 0.160. The van der Waals surface area contributed by atoms with Crippen LogP contribution in [0.1, 0.15) is 93.7 Å². The molecule has 0 amide bonds. The van der Waals surface area contributed by atoms with Gasteiger partial charge in [0.25, 0.3) is 0 Å². The number of ether oxygens (including phenoxy) is 3. The van der Waals surface area contributed by atoms with E-state index in [1.807, 2.05) is 52.8 Å². The van der Waals surface area contributed by atoms with Gasteiger partial charge in [0.2, 0.25) is 30.1 Å². The number of methoxy groups -OCH3 is 3. The second kappa shape index (κ2) is 20.0. The minimum atomic E-state index is -3.82. The zero-order chi connectivity index (χ0) is 41.3. The summed E-state index contributed by atoms with van der Waals surface area (Å²) in [5.41, 5.74) is 3.79. The summed E-state index contributed by atoms with van der Waals surface area (Å²) < 4.78 is 106. The highest BCUT2D eigenvalue weighted by molar-refractivity contribution is 7.89. The summed E-state index contributed by atoms with van der Waals surface area (Å²) in [6.07, 6.45) is 2.20. The predicted molar refractivity (Wildman–Crippen MR) is 222 cm³/mol. The zero-order valence-electron chi connectivity index (χ0n) is 34.3. The van der Waals surface area contributed by atoms with Crippen molar-refractivity contribution in [3.05, 3.63) is 88.0 Å². The highest BCUT2D eigenvalue weighted by Gasteiger charge is 2.28. The molecule has 0 spiro atoms. The lowest BCUT2D eigenvalue weighted by Crippen LogP contribution is -2.34. The van der Waals surface area contributed by atoms with E-state index >= 15 is 0 Å². The Morgan fingerprint density at radius 2 is 0.768 bits per heavy atom. The van der Waals surface area contributed by atoms with Crippen LogP contribution in [0.4, 0.5) is 0 Å². The first-order valence-electron chi connectivity index (χ1n) is 19.3. The van der Waals surface area contributed by atoms with E-state index in [0.717, 1.165) is 6.42 Å². The van der Waals surface area contributed by atoms with Crippen LogP contribution in [0.25, 0.3) is 0 Å². The summed E-state index contributed by atoms with van der Waals surface area (Å²) in [7, 11) is -6.84. The van der Waals surface area contributed by atoms with E-state index in [-0.39, 0.29) is 68.4 Å². The first-order valence-corrected chi connectivity index (χ1v) is 24.2. The maximum Gasteiger partial charge on any atom is 0.214 e. The maximum absolute atomic E-state index is 14.2. The SMILES string of the molecule is CCCS(=O)(=O)N1Cc2cc(cc(OC)c2)CN(S(=O)(=O)CCC(C)C)Cc2cc(cc(OC)c2)CN(S(=O)(=O)CCC(C)CC)Cc2cc(cc(OC)c2)C1. The number of hydrogen-bond donors (Lipinski definition) is 0. The van der Waals surface area contributed by atoms with Gasteiger partial charge in [0.15, 0.2) is 0 Å². The summed E-state index contributed by atoms with van der Waals surface area (Å²) in [4.78, 5) is 0. The van der Waals surface area contributed by atoms with Crippen LogP contribution in [0.2, 0.25) is 0 Å². The normalized spacial score (nSPS) is 16.2. The van der Waals surface area contributed by atoms with Crippen molar-refractivity contribution in [2.24, 2.45) is 11.8 Å². The zero-order valence-corrected chi connectivity index (χ0v) is 36.7. The van der Waals surface area contributed by atoms with Gasteiger partial charge in [-0.1, -0.05) is 59.2 Å². The van der Waals surface area contributed by atoms with Gasteiger partial charge in [0, 0.05) is 39.3 Å². The number of fused-ring (bicyclic) bond motifs is 6. The Hall–Kier alpha value is -3.21. The van der Waals surface area contributed by atoms with Crippen LogP contribution in [0.5, 0.6) is 17.2 Å². The molecule has 0 radical (unpaired) electrons. The van der Waals surface area contributed by atoms with E-state index in [4.69, 9.17) is 14.2 Å². The maximum atomic E-state index is 14.2. The molecule has 4 rings (SSSR count). The van der Waals surface area contributed by atoms with E-state index in [2.05, 4.69) is 0 Å². The monoisotopic (exact) mass is 835 g/mol. The molecular weight excluding hydrogens is 775 g/mol. The van der Waals surface area contributed by atoms with E-state index in [1.165, 1.54) is 34.2 Å². The Bertz CT molecular complexity index is 2110. The smallest absolute Gasteiger partial charge is 0.214 e. The Kier molecular flexibility index (Phi) is 16.2. The molecule has 56 heavy (non-hydrogen) atoms. The summed E-state index contributed by atoms with van der Waals surface area (Å²) in [5, 5.41) is 0. The van der Waals surface area contributed by atoms with Crippen LogP contribution in [-0.4, -0.2) is 76.8 Å². The van der Waals surface area contributed by atoms with Gasteiger partial charge >= 0.3 is 0 Å². The van der Waals surface area contributed by atoms with Crippen molar-refractivity contribution in [3.8, 4) is 17.2 Å². The fourth-order valence-electron chi connectivity index (χ4n) is 6.65. The Balaban J connectivity index is 1.97. The summed E-state index contributed by atoms with van der Waals surface area (Å²) >= 11 is 0. The van der Waals surface area contributed by atoms with Gasteiger partial charge in [-0.25, -0.2) is 25.3 Å². The predicted octanol–water partition coefficient (Wildman–Crippen LogP) is 6.91. The van der Waals surface area contributed by atoms with Crippen molar-refractivity contribution in [2.75, 3.05) is 38.6 Å². The molecule has 12 nitrogen and oxygen atoms in total. The largest absolute Gasteiger partial charge is 0.497 e. The van der Waals surface area contributed by atoms with Gasteiger partial charge in [-0.2, -0.15) is 12.9 Å². The Morgan fingerprint density at radius 3 is 1.02 bits per heavy atom. The van der Waals surface area contributed by atoms with Gasteiger partial charge < -0.3 is 14.2 Å². The van der Waals surface area contributed by atoms with Crippen molar-refractivity contribution in [2.45, 2.75) is 99.6 Å². The average molecular weight is 836 g/mol. The molecule has 0 aromatic heterocycles. The fourth-order valence-corrected chi connectivity index (χ4v) is 11.5. The number of rotatable bonds is 15. The van der Waals surface area contributed by atoms with Crippen molar-refractivity contribution in [1.82, 2.24) is 12.9 Å². The molecule has 3 aromatic rings. The van der Waals surface area contributed by atoms with E-state index in [9.17, 15) is 25.3 Å². The second-order valence-corrected chi connectivity index (χ2v) is 21.6. The lowest BCUT2D eigenvalue weighted by molar-refractivity contribution is 0.378. The molecule has 15 heteroatoms. The van der Waals surface area contributed by atoms with Gasteiger partial charge in [0.05, 0.1) is 38.6 Å². The molecule has 0 N–H and O–H groups in total. The molecular formula is C41H61N3O9S3. The Morgan fingerprint density at radius 1 is 0.482 bits per heavy atom. The fraction of sp³-hybridized carbons (Fsp3) is 0.561. The van der Waals surface area contributed by atoms with Crippen LogP contribution in [0, 0.1) is 11.8 Å². The highest BCUT2D eigenvalue weighted by Crippen LogP contribution is 2.29. The van der Waals surface area contributed by atoms with E-state index in [0.29, 0.717) is 69.9 Å². The number of nitrogens with zero attached hydrogens (tertiary/aromatic N) is 3. The Labute approximate surface area is 336 Å². The molecule has 1 atom stereocenters. The van der Waals surface area contributed by atoms with Gasteiger partial charge in [-0.15, -0.1) is 0 Å². The van der Waals surface area contributed by atoms with Gasteiger partial charge in [-0.05, 0) is 101 Å².